The van der Waals surface area contributed by atoms with E-state index in [1.54, 1.807) is 0 Å². The van der Waals surface area contributed by atoms with Gasteiger partial charge in [-0.15, -0.1) is 5.46 Å². The number of benzene rings is 1. The first-order valence-electron chi connectivity index (χ1n) is 3.91. The number of halogens is 3. The molecule has 0 bridgehead atoms. The molecular weight excluding hydrogens is 194 g/mol. The zero-order chi connectivity index (χ0) is 10.9. The fourth-order valence-corrected chi connectivity index (χ4v) is 1.10. The number of carbonyl (C=O) groups is 1. The van der Waals surface area contributed by atoms with Crippen LogP contribution in [0.5, 0.6) is 0 Å². The Balaban J connectivity index is 3.37. The highest BCUT2D eigenvalue weighted by Gasteiger charge is 2.26. The normalized spacial score (nSPS) is 11.4. The van der Waals surface area contributed by atoms with Gasteiger partial charge in [0.15, 0.2) is 0 Å². The summed E-state index contributed by atoms with van der Waals surface area (Å²) in [5, 5.41) is 0. The molecule has 0 fully saturated rings. The summed E-state index contributed by atoms with van der Waals surface area (Å²) in [6.07, 6.45) is 0.372. The van der Waals surface area contributed by atoms with Crippen LogP contribution >= 0.6 is 0 Å². The molecule has 2 nitrogen and oxygen atoms in total. The van der Waals surface area contributed by atoms with Crippen LogP contribution in [0.25, 0.3) is 0 Å². The number of rotatable bonds is 2. The molecule has 1 rings (SSSR count). The highest BCUT2D eigenvalue weighted by molar-refractivity contribution is 6.73. The highest BCUT2D eigenvalue weighted by Crippen LogP contribution is 2.17. The topological polar surface area (TPSA) is 43.1 Å². The van der Waals surface area contributed by atoms with Gasteiger partial charge in [-0.2, -0.15) is 0 Å². The van der Waals surface area contributed by atoms with Crippen LogP contribution in [0.15, 0.2) is 12.1 Å². The molecule has 0 unspecified atom stereocenters. The molecular formula is C8H8BF3NO-. The molecule has 0 saturated heterocycles. The fourth-order valence-electron chi connectivity index (χ4n) is 1.10. The standard InChI is InChI=1S/C8H8BF3NO/c1-5-6(4-14)2-7(3-8(5)13)9(10,11)12/h2-4H,13H2,1H3/q-1. The van der Waals surface area contributed by atoms with Crippen molar-refractivity contribution in [2.45, 2.75) is 6.92 Å². The maximum Gasteiger partial charge on any atom is 0.509 e. The van der Waals surface area contributed by atoms with E-state index in [1.165, 1.54) is 6.92 Å². The predicted octanol–water partition coefficient (Wildman–Crippen LogP) is 1.44. The van der Waals surface area contributed by atoms with Crippen LogP contribution in [0.1, 0.15) is 15.9 Å². The van der Waals surface area contributed by atoms with Crippen LogP contribution in [-0.4, -0.2) is 13.3 Å². The molecule has 0 aliphatic rings. The van der Waals surface area contributed by atoms with Crippen molar-refractivity contribution in [2.24, 2.45) is 0 Å². The molecule has 0 amide bonds. The number of nitrogen functional groups attached to an aromatic ring is 1. The number of hydrogen-bond acceptors (Lipinski definition) is 2. The van der Waals surface area contributed by atoms with Crippen LogP contribution < -0.4 is 11.2 Å². The van der Waals surface area contributed by atoms with Crippen molar-refractivity contribution < 1.29 is 17.7 Å². The van der Waals surface area contributed by atoms with Gasteiger partial charge in [0.1, 0.15) is 6.29 Å². The van der Waals surface area contributed by atoms with Crippen LogP contribution in [0, 0.1) is 6.92 Å². The van der Waals surface area contributed by atoms with Gasteiger partial charge < -0.3 is 18.7 Å². The van der Waals surface area contributed by atoms with E-state index in [2.05, 4.69) is 0 Å². The average Bonchev–Trinajstić information content (AvgIpc) is 2.07. The monoisotopic (exact) mass is 202 g/mol. The largest absolute Gasteiger partial charge is 0.509 e. The van der Waals surface area contributed by atoms with E-state index in [0.717, 1.165) is 12.1 Å². The second-order valence-electron chi connectivity index (χ2n) is 3.02. The minimum Gasteiger partial charge on any atom is -0.445 e. The Hall–Kier alpha value is -1.46. The number of carbonyl (C=O) groups excluding carboxylic acids is 1. The number of anilines is 1. The Morgan fingerprint density at radius 3 is 2.36 bits per heavy atom. The lowest BCUT2D eigenvalue weighted by Gasteiger charge is -2.17. The second kappa shape index (κ2) is 3.36. The first-order valence-corrected chi connectivity index (χ1v) is 3.91. The zero-order valence-electron chi connectivity index (χ0n) is 7.43. The quantitative estimate of drug-likeness (QED) is 0.448. The summed E-state index contributed by atoms with van der Waals surface area (Å²) in [6.45, 7) is -3.60. The Morgan fingerprint density at radius 1 is 1.36 bits per heavy atom. The van der Waals surface area contributed by atoms with Gasteiger partial charge in [-0.25, -0.2) is 0 Å². The van der Waals surface area contributed by atoms with Crippen LogP contribution in [0.2, 0.25) is 0 Å². The third-order valence-electron chi connectivity index (χ3n) is 2.02. The SMILES string of the molecule is Cc1c(N)cc([B-](F)(F)F)cc1C=O. The van der Waals surface area contributed by atoms with Crippen molar-refractivity contribution in [2.75, 3.05) is 5.73 Å². The van der Waals surface area contributed by atoms with E-state index in [0.29, 0.717) is 11.8 Å². The average molecular weight is 202 g/mol. The first-order chi connectivity index (χ1) is 6.36. The van der Waals surface area contributed by atoms with Gasteiger partial charge >= 0.3 is 6.98 Å². The van der Waals surface area contributed by atoms with Crippen molar-refractivity contribution in [3.8, 4) is 0 Å². The van der Waals surface area contributed by atoms with Crippen molar-refractivity contribution >= 4 is 24.4 Å². The van der Waals surface area contributed by atoms with Crippen LogP contribution in [0.3, 0.4) is 0 Å². The number of nitrogens with two attached hydrogens (primary N) is 1. The van der Waals surface area contributed by atoms with Crippen molar-refractivity contribution in [3.05, 3.63) is 23.3 Å². The summed E-state index contributed by atoms with van der Waals surface area (Å²) in [4.78, 5) is 10.4. The van der Waals surface area contributed by atoms with Gasteiger partial charge in [0.05, 0.1) is 0 Å². The van der Waals surface area contributed by atoms with Crippen LogP contribution in [-0.2, 0) is 0 Å². The molecule has 76 valence electrons. The molecule has 0 spiro atoms. The minimum atomic E-state index is -5.10. The molecule has 0 aliphatic carbocycles. The summed E-state index contributed by atoms with van der Waals surface area (Å²) in [7, 11) is 0. The molecule has 0 atom stereocenters. The van der Waals surface area contributed by atoms with Gasteiger partial charge in [0, 0.05) is 11.3 Å². The third kappa shape index (κ3) is 1.89. The third-order valence-corrected chi connectivity index (χ3v) is 2.02. The zero-order valence-corrected chi connectivity index (χ0v) is 7.43. The fraction of sp³-hybridized carbons (Fsp3) is 0.125. The lowest BCUT2D eigenvalue weighted by Crippen LogP contribution is -2.34. The van der Waals surface area contributed by atoms with E-state index < -0.39 is 12.4 Å². The summed E-state index contributed by atoms with van der Waals surface area (Å²) in [5.41, 5.74) is 4.86. The molecule has 14 heavy (non-hydrogen) atoms. The first kappa shape index (κ1) is 10.6. The molecule has 1 aromatic carbocycles. The summed E-state index contributed by atoms with van der Waals surface area (Å²) < 4.78 is 36.9. The molecule has 0 radical (unpaired) electrons. The van der Waals surface area contributed by atoms with Gasteiger partial charge in [-0.3, -0.25) is 4.79 Å². The van der Waals surface area contributed by atoms with Crippen LogP contribution in [0.4, 0.5) is 18.6 Å². The van der Waals surface area contributed by atoms with E-state index in [4.69, 9.17) is 5.73 Å². The molecule has 0 heterocycles. The lowest BCUT2D eigenvalue weighted by molar-refractivity contribution is 0.112. The van der Waals surface area contributed by atoms with Gasteiger partial charge in [0.25, 0.3) is 0 Å². The second-order valence-corrected chi connectivity index (χ2v) is 3.02. The van der Waals surface area contributed by atoms with E-state index in [-0.39, 0.29) is 11.3 Å². The molecule has 0 saturated carbocycles. The molecule has 1 aromatic rings. The maximum atomic E-state index is 12.3. The van der Waals surface area contributed by atoms with E-state index in [1.807, 2.05) is 0 Å². The highest BCUT2D eigenvalue weighted by atomic mass is 19.4. The number of hydrogen-bond donors (Lipinski definition) is 1. The van der Waals surface area contributed by atoms with E-state index in [9.17, 15) is 17.7 Å². The van der Waals surface area contributed by atoms with Crippen molar-refractivity contribution in [1.29, 1.82) is 0 Å². The predicted molar refractivity (Wildman–Crippen MR) is 49.7 cm³/mol. The van der Waals surface area contributed by atoms with Gasteiger partial charge in [-0.1, -0.05) is 12.1 Å². The summed E-state index contributed by atoms with van der Waals surface area (Å²) >= 11 is 0. The van der Waals surface area contributed by atoms with Gasteiger partial charge in [-0.05, 0) is 12.5 Å². The molecule has 0 aliphatic heterocycles. The lowest BCUT2D eigenvalue weighted by atomic mass is 9.78. The van der Waals surface area contributed by atoms with Gasteiger partial charge in [0.2, 0.25) is 0 Å². The Bertz CT molecular complexity index is 376. The minimum absolute atomic E-state index is 0.0104. The maximum absolute atomic E-state index is 12.3. The summed E-state index contributed by atoms with van der Waals surface area (Å²) in [5.74, 6) is 0. The van der Waals surface area contributed by atoms with E-state index >= 15 is 0 Å². The Morgan fingerprint density at radius 2 is 1.93 bits per heavy atom. The molecule has 6 heteroatoms. The Kier molecular flexibility index (Phi) is 2.55. The Labute approximate surface area is 79.0 Å². The van der Waals surface area contributed by atoms with Crippen molar-refractivity contribution in [1.82, 2.24) is 0 Å². The summed E-state index contributed by atoms with van der Waals surface area (Å²) in [6, 6.07) is 1.67. The molecule has 2 N–H and O–H groups in total. The smallest absolute Gasteiger partial charge is 0.445 e. The van der Waals surface area contributed by atoms with Crippen molar-refractivity contribution in [3.63, 3.8) is 0 Å². The number of aldehydes is 1. The molecule has 0 aromatic heterocycles.